The van der Waals surface area contributed by atoms with Crippen LogP contribution in [0.1, 0.15) is 46.5 Å². The molecule has 0 aromatic heterocycles. The van der Waals surface area contributed by atoms with Gasteiger partial charge < -0.3 is 20.4 Å². The van der Waals surface area contributed by atoms with E-state index in [2.05, 4.69) is 50.5 Å². The average Bonchev–Trinajstić information content (AvgIpc) is 2.94. The lowest BCUT2D eigenvalue weighted by Crippen LogP contribution is -2.32. The summed E-state index contributed by atoms with van der Waals surface area (Å²) < 4.78 is 0.421. The zero-order valence-corrected chi connectivity index (χ0v) is 23.3. The van der Waals surface area contributed by atoms with E-state index in [0.717, 1.165) is 24.3 Å². The van der Waals surface area contributed by atoms with E-state index in [1.807, 2.05) is 24.3 Å². The number of hydrazone groups is 1. The second kappa shape index (κ2) is 12.9. The van der Waals surface area contributed by atoms with Crippen molar-refractivity contribution < 1.29 is 19.8 Å². The molecule has 9 heteroatoms. The predicted octanol–water partition coefficient (Wildman–Crippen LogP) is 5.24. The Morgan fingerprint density at radius 3 is 2.18 bits per heavy atom. The summed E-state index contributed by atoms with van der Waals surface area (Å²) in [6.45, 7) is 9.17. The quantitative estimate of drug-likeness (QED) is 0.157. The number of aromatic hydroxyl groups is 2. The lowest BCUT2D eigenvalue weighted by molar-refractivity contribution is -0.117. The molecule has 0 aliphatic rings. The van der Waals surface area contributed by atoms with Gasteiger partial charge in [0, 0.05) is 35.5 Å². The van der Waals surface area contributed by atoms with Crippen molar-refractivity contribution in [2.45, 2.75) is 27.7 Å². The SMILES string of the molecule is CCN(CC)c1ccc(/C=C(/NC(=O)c2ccccc2)C(=O)N/N=C/c2c(C)c(Br)c(O)c(C)c2O)cc1. The third kappa shape index (κ3) is 6.60. The Bertz CT molecular complexity index is 1340. The number of phenols is 2. The predicted molar refractivity (Wildman–Crippen MR) is 155 cm³/mol. The van der Waals surface area contributed by atoms with Crippen molar-refractivity contribution in [3.05, 3.63) is 92.6 Å². The van der Waals surface area contributed by atoms with Crippen molar-refractivity contribution in [2.24, 2.45) is 5.10 Å². The summed E-state index contributed by atoms with van der Waals surface area (Å²) in [5.41, 5.74) is 5.74. The first-order chi connectivity index (χ1) is 18.2. The molecular formula is C29H31BrN4O4. The maximum absolute atomic E-state index is 13.1. The number of anilines is 1. The minimum atomic E-state index is -0.648. The van der Waals surface area contributed by atoms with Gasteiger partial charge in [-0.25, -0.2) is 5.43 Å². The highest BCUT2D eigenvalue weighted by Crippen LogP contribution is 2.39. The van der Waals surface area contributed by atoms with Gasteiger partial charge in [-0.15, -0.1) is 0 Å². The third-order valence-electron chi connectivity index (χ3n) is 6.13. The Morgan fingerprint density at radius 1 is 0.947 bits per heavy atom. The van der Waals surface area contributed by atoms with Crippen LogP contribution in [0.3, 0.4) is 0 Å². The average molecular weight is 579 g/mol. The summed E-state index contributed by atoms with van der Waals surface area (Å²) in [6.07, 6.45) is 2.86. The van der Waals surface area contributed by atoms with Crippen LogP contribution in [0.5, 0.6) is 11.5 Å². The van der Waals surface area contributed by atoms with Gasteiger partial charge in [0.15, 0.2) is 0 Å². The smallest absolute Gasteiger partial charge is 0.287 e. The molecule has 0 bridgehead atoms. The Labute approximate surface area is 230 Å². The summed E-state index contributed by atoms with van der Waals surface area (Å²) in [7, 11) is 0. The van der Waals surface area contributed by atoms with E-state index in [1.165, 1.54) is 6.21 Å². The van der Waals surface area contributed by atoms with E-state index in [9.17, 15) is 19.8 Å². The molecule has 0 aliphatic carbocycles. The maximum Gasteiger partial charge on any atom is 0.287 e. The van der Waals surface area contributed by atoms with Crippen LogP contribution in [0.25, 0.3) is 6.08 Å². The third-order valence-corrected chi connectivity index (χ3v) is 7.10. The summed E-state index contributed by atoms with van der Waals surface area (Å²) in [4.78, 5) is 28.1. The first-order valence-corrected chi connectivity index (χ1v) is 12.9. The van der Waals surface area contributed by atoms with Gasteiger partial charge in [-0.1, -0.05) is 30.3 Å². The number of halogens is 1. The van der Waals surface area contributed by atoms with Gasteiger partial charge in [0.05, 0.1) is 10.7 Å². The lowest BCUT2D eigenvalue weighted by Gasteiger charge is -2.21. The van der Waals surface area contributed by atoms with E-state index >= 15 is 0 Å². The molecule has 0 heterocycles. The molecule has 8 nitrogen and oxygen atoms in total. The molecule has 3 aromatic rings. The summed E-state index contributed by atoms with van der Waals surface area (Å²) in [6, 6.07) is 16.2. The monoisotopic (exact) mass is 578 g/mol. The Hall–Kier alpha value is -4.11. The fourth-order valence-corrected chi connectivity index (χ4v) is 4.32. The van der Waals surface area contributed by atoms with Crippen molar-refractivity contribution in [3.8, 4) is 11.5 Å². The Morgan fingerprint density at radius 2 is 1.58 bits per heavy atom. The van der Waals surface area contributed by atoms with Crippen molar-refractivity contribution in [3.63, 3.8) is 0 Å². The summed E-state index contributed by atoms with van der Waals surface area (Å²) in [5, 5.41) is 27.2. The largest absolute Gasteiger partial charge is 0.507 e. The zero-order valence-electron chi connectivity index (χ0n) is 21.7. The molecule has 38 heavy (non-hydrogen) atoms. The summed E-state index contributed by atoms with van der Waals surface area (Å²) >= 11 is 3.30. The fourth-order valence-electron chi connectivity index (χ4n) is 3.81. The number of rotatable bonds is 9. The molecule has 2 amide bonds. The van der Waals surface area contributed by atoms with E-state index in [0.29, 0.717) is 21.2 Å². The number of hydrogen-bond acceptors (Lipinski definition) is 6. The number of hydrogen-bond donors (Lipinski definition) is 4. The zero-order chi connectivity index (χ0) is 27.8. The molecule has 4 N–H and O–H groups in total. The van der Waals surface area contributed by atoms with E-state index in [4.69, 9.17) is 0 Å². The van der Waals surface area contributed by atoms with Crippen LogP contribution in [0.2, 0.25) is 0 Å². The molecule has 198 valence electrons. The minimum absolute atomic E-state index is 0.00407. The lowest BCUT2D eigenvalue weighted by atomic mass is 10.0. The number of nitrogens with zero attached hydrogens (tertiary/aromatic N) is 2. The van der Waals surface area contributed by atoms with Gasteiger partial charge in [0.2, 0.25) is 0 Å². The molecule has 0 saturated carbocycles. The van der Waals surface area contributed by atoms with Gasteiger partial charge in [-0.2, -0.15) is 5.10 Å². The van der Waals surface area contributed by atoms with Crippen molar-refractivity contribution in [1.29, 1.82) is 0 Å². The molecule has 0 unspecified atom stereocenters. The molecule has 0 radical (unpaired) electrons. The number of phenolic OH excluding ortho intramolecular Hbond substituents is 2. The molecular weight excluding hydrogens is 548 g/mol. The Kier molecular flexibility index (Phi) is 9.67. The number of amides is 2. The molecule has 3 rings (SSSR count). The van der Waals surface area contributed by atoms with Crippen LogP contribution >= 0.6 is 15.9 Å². The normalized spacial score (nSPS) is 11.4. The molecule has 0 fully saturated rings. The standard InChI is InChI=1S/C29H31BrN4O4/c1-5-34(6-2)22-14-12-20(13-15-22)16-24(32-28(37)21-10-8-7-9-11-21)29(38)33-31-17-23-18(3)25(30)27(36)19(4)26(23)35/h7-17,35-36H,5-6H2,1-4H3,(H,32,37)(H,33,38)/b24-16+,31-17+. The van der Waals surface area contributed by atoms with Crippen LogP contribution in [0.4, 0.5) is 5.69 Å². The highest BCUT2D eigenvalue weighted by molar-refractivity contribution is 9.10. The van der Waals surface area contributed by atoms with Gasteiger partial charge in [-0.3, -0.25) is 9.59 Å². The second-order valence-electron chi connectivity index (χ2n) is 8.52. The van der Waals surface area contributed by atoms with Crippen LogP contribution in [-0.4, -0.2) is 41.3 Å². The summed E-state index contributed by atoms with van der Waals surface area (Å²) in [5.74, 6) is -1.31. The topological polar surface area (TPSA) is 114 Å². The van der Waals surface area contributed by atoms with Gasteiger partial charge in [0.25, 0.3) is 11.8 Å². The van der Waals surface area contributed by atoms with Crippen molar-refractivity contribution in [1.82, 2.24) is 10.7 Å². The minimum Gasteiger partial charge on any atom is -0.507 e. The molecule has 3 aromatic carbocycles. The fraction of sp³-hybridized carbons (Fsp3) is 0.207. The van der Waals surface area contributed by atoms with Crippen LogP contribution in [0.15, 0.2) is 69.9 Å². The Balaban J connectivity index is 1.89. The van der Waals surface area contributed by atoms with E-state index in [-0.39, 0.29) is 22.8 Å². The highest BCUT2D eigenvalue weighted by atomic mass is 79.9. The molecule has 0 spiro atoms. The van der Waals surface area contributed by atoms with Gasteiger partial charge in [-0.05, 0) is 85.1 Å². The van der Waals surface area contributed by atoms with Crippen LogP contribution < -0.4 is 15.6 Å². The van der Waals surface area contributed by atoms with Crippen molar-refractivity contribution in [2.75, 3.05) is 18.0 Å². The van der Waals surface area contributed by atoms with E-state index < -0.39 is 11.8 Å². The molecule has 0 saturated heterocycles. The first kappa shape index (κ1) is 28.5. The van der Waals surface area contributed by atoms with Crippen molar-refractivity contribution >= 4 is 45.7 Å². The maximum atomic E-state index is 13.1. The van der Waals surface area contributed by atoms with Crippen LogP contribution in [-0.2, 0) is 4.79 Å². The van der Waals surface area contributed by atoms with E-state index in [1.54, 1.807) is 50.3 Å². The second-order valence-corrected chi connectivity index (χ2v) is 9.31. The number of carbonyl (C=O) groups excluding carboxylic acids is 2. The highest BCUT2D eigenvalue weighted by Gasteiger charge is 2.17. The number of nitrogens with one attached hydrogen (secondary N) is 2. The number of benzene rings is 3. The molecule has 0 atom stereocenters. The molecule has 0 aliphatic heterocycles. The number of carbonyl (C=O) groups is 2. The van der Waals surface area contributed by atoms with Crippen LogP contribution in [0, 0.1) is 13.8 Å². The van der Waals surface area contributed by atoms with Gasteiger partial charge in [0.1, 0.15) is 17.2 Å². The van der Waals surface area contributed by atoms with Gasteiger partial charge >= 0.3 is 0 Å². The first-order valence-electron chi connectivity index (χ1n) is 12.1.